The fourth-order valence-corrected chi connectivity index (χ4v) is 2.88. The van der Waals surface area contributed by atoms with E-state index in [-0.39, 0.29) is 12.5 Å². The highest BCUT2D eigenvalue weighted by atomic mass is 16.2. The minimum atomic E-state index is 0.0846. The smallest absolute Gasteiger partial charge is 0.244 e. The van der Waals surface area contributed by atoms with E-state index in [2.05, 4.69) is 16.1 Å². The molecule has 2 aromatic heterocycles. The minimum Gasteiger partial charge on any atom is -0.342 e. The fraction of sp³-hybridized carbons (Fsp3) is 0.316. The van der Waals surface area contributed by atoms with Crippen LogP contribution in [0.15, 0.2) is 48.9 Å². The van der Waals surface area contributed by atoms with Crippen molar-refractivity contribution in [1.82, 2.24) is 24.2 Å². The van der Waals surface area contributed by atoms with Gasteiger partial charge in [0.2, 0.25) is 5.91 Å². The molecule has 2 heterocycles. The summed E-state index contributed by atoms with van der Waals surface area (Å²) in [5, 5.41) is 4.56. The number of hydrogen-bond donors (Lipinski definition) is 0. The van der Waals surface area contributed by atoms with Gasteiger partial charge < -0.3 is 9.47 Å². The summed E-state index contributed by atoms with van der Waals surface area (Å²) < 4.78 is 3.68. The number of benzene rings is 1. The summed E-state index contributed by atoms with van der Waals surface area (Å²) >= 11 is 0. The normalized spacial score (nSPS) is 10.8. The second-order valence-corrected chi connectivity index (χ2v) is 5.91. The Morgan fingerprint density at radius 3 is 2.56 bits per heavy atom. The van der Waals surface area contributed by atoms with Crippen molar-refractivity contribution in [3.05, 3.63) is 48.9 Å². The molecule has 0 saturated carbocycles. The van der Waals surface area contributed by atoms with Crippen LogP contribution in [0.2, 0.25) is 0 Å². The zero-order valence-electron chi connectivity index (χ0n) is 14.9. The first kappa shape index (κ1) is 17.0. The van der Waals surface area contributed by atoms with Crippen molar-refractivity contribution in [3.63, 3.8) is 0 Å². The zero-order chi connectivity index (χ0) is 17.8. The predicted octanol–water partition coefficient (Wildman–Crippen LogP) is 2.82. The molecule has 0 saturated heterocycles. The summed E-state index contributed by atoms with van der Waals surface area (Å²) in [6, 6.07) is 10.1. The van der Waals surface area contributed by atoms with E-state index < -0.39 is 0 Å². The van der Waals surface area contributed by atoms with E-state index in [1.54, 1.807) is 10.9 Å². The monoisotopic (exact) mass is 337 g/mol. The van der Waals surface area contributed by atoms with Gasteiger partial charge in [-0.25, -0.2) is 4.98 Å². The Morgan fingerprint density at radius 1 is 1.12 bits per heavy atom. The van der Waals surface area contributed by atoms with E-state index >= 15 is 0 Å². The number of carbonyl (C=O) groups is 1. The van der Waals surface area contributed by atoms with Gasteiger partial charge in [0.1, 0.15) is 12.4 Å². The molecular weight excluding hydrogens is 314 g/mol. The highest BCUT2D eigenvalue weighted by molar-refractivity contribution is 5.76. The number of imidazole rings is 1. The number of carbonyl (C=O) groups excluding carboxylic acids is 1. The molecule has 130 valence electrons. The summed E-state index contributed by atoms with van der Waals surface area (Å²) in [5.41, 5.74) is 2.90. The number of hydrogen-bond acceptors (Lipinski definition) is 3. The molecule has 6 nitrogen and oxygen atoms in total. The van der Waals surface area contributed by atoms with Crippen molar-refractivity contribution in [3.8, 4) is 22.6 Å². The molecule has 0 aliphatic heterocycles. The van der Waals surface area contributed by atoms with Gasteiger partial charge in [0, 0.05) is 49.9 Å². The molecule has 0 spiro atoms. The maximum atomic E-state index is 12.2. The average molecular weight is 337 g/mol. The van der Waals surface area contributed by atoms with Gasteiger partial charge in [0.05, 0.1) is 5.69 Å². The second-order valence-electron chi connectivity index (χ2n) is 5.91. The molecule has 0 unspecified atom stereocenters. The van der Waals surface area contributed by atoms with Crippen molar-refractivity contribution in [2.45, 2.75) is 20.4 Å². The first-order valence-electron chi connectivity index (χ1n) is 8.51. The standard InChI is InChI=1S/C19H23N5O/c1-4-23(5-2)18(25)14-24-11-9-17(21-24)15-7-6-8-16(13-15)19-20-10-12-22(19)3/h6-13H,4-5,14H2,1-3H3. The molecule has 3 aromatic rings. The lowest BCUT2D eigenvalue weighted by molar-refractivity contribution is -0.131. The first-order chi connectivity index (χ1) is 12.1. The maximum absolute atomic E-state index is 12.2. The van der Waals surface area contributed by atoms with Crippen LogP contribution in [0.1, 0.15) is 13.8 Å². The van der Waals surface area contributed by atoms with Gasteiger partial charge in [-0.3, -0.25) is 9.48 Å². The molecule has 1 amide bonds. The zero-order valence-corrected chi connectivity index (χ0v) is 14.9. The highest BCUT2D eigenvalue weighted by Crippen LogP contribution is 2.24. The molecule has 1 aromatic carbocycles. The van der Waals surface area contributed by atoms with Crippen LogP contribution in [-0.4, -0.2) is 43.2 Å². The van der Waals surface area contributed by atoms with E-state index in [9.17, 15) is 4.79 Å². The first-order valence-corrected chi connectivity index (χ1v) is 8.51. The van der Waals surface area contributed by atoms with Crippen molar-refractivity contribution < 1.29 is 4.79 Å². The van der Waals surface area contributed by atoms with Gasteiger partial charge >= 0.3 is 0 Å². The Labute approximate surface area is 147 Å². The third-order valence-electron chi connectivity index (χ3n) is 4.29. The number of aromatic nitrogens is 4. The summed E-state index contributed by atoms with van der Waals surface area (Å²) in [6.07, 6.45) is 5.56. The minimum absolute atomic E-state index is 0.0846. The van der Waals surface area contributed by atoms with Crippen LogP contribution < -0.4 is 0 Å². The number of nitrogens with zero attached hydrogens (tertiary/aromatic N) is 5. The number of amides is 1. The van der Waals surface area contributed by atoms with Gasteiger partial charge in [0.25, 0.3) is 0 Å². The van der Waals surface area contributed by atoms with E-state index in [0.29, 0.717) is 0 Å². The van der Waals surface area contributed by atoms with Crippen LogP contribution in [-0.2, 0) is 18.4 Å². The quantitative estimate of drug-likeness (QED) is 0.695. The van der Waals surface area contributed by atoms with Crippen LogP contribution in [0.5, 0.6) is 0 Å². The van der Waals surface area contributed by atoms with Crippen molar-refractivity contribution in [2.24, 2.45) is 7.05 Å². The Kier molecular flexibility index (Phi) is 4.97. The molecule has 0 aliphatic rings. The van der Waals surface area contributed by atoms with Crippen LogP contribution in [0, 0.1) is 0 Å². The lowest BCUT2D eigenvalue weighted by Gasteiger charge is -2.18. The van der Waals surface area contributed by atoms with E-state index in [1.807, 2.05) is 67.0 Å². The van der Waals surface area contributed by atoms with Crippen LogP contribution in [0.4, 0.5) is 0 Å². The summed E-state index contributed by atoms with van der Waals surface area (Å²) in [6.45, 7) is 5.67. The molecule has 0 fully saturated rings. The molecule has 6 heteroatoms. The van der Waals surface area contributed by atoms with Gasteiger partial charge in [0.15, 0.2) is 0 Å². The molecule has 0 aliphatic carbocycles. The maximum Gasteiger partial charge on any atom is 0.244 e. The van der Waals surface area contributed by atoms with Crippen LogP contribution in [0.3, 0.4) is 0 Å². The fourth-order valence-electron chi connectivity index (χ4n) is 2.88. The average Bonchev–Trinajstić information content (AvgIpc) is 3.25. The lowest BCUT2D eigenvalue weighted by Crippen LogP contribution is -2.33. The predicted molar refractivity (Wildman–Crippen MR) is 97.8 cm³/mol. The van der Waals surface area contributed by atoms with Gasteiger partial charge in [-0.05, 0) is 26.0 Å². The second kappa shape index (κ2) is 7.34. The third kappa shape index (κ3) is 3.63. The van der Waals surface area contributed by atoms with Gasteiger partial charge in [-0.2, -0.15) is 5.10 Å². The van der Waals surface area contributed by atoms with Crippen molar-refractivity contribution >= 4 is 5.91 Å². The topological polar surface area (TPSA) is 56.0 Å². The summed E-state index contributed by atoms with van der Waals surface area (Å²) in [4.78, 5) is 18.4. The largest absolute Gasteiger partial charge is 0.342 e. The molecule has 0 N–H and O–H groups in total. The summed E-state index contributed by atoms with van der Waals surface area (Å²) in [7, 11) is 1.97. The Bertz CT molecular complexity index is 860. The third-order valence-corrected chi connectivity index (χ3v) is 4.29. The molecule has 3 rings (SSSR count). The van der Waals surface area contributed by atoms with Gasteiger partial charge in [-0.15, -0.1) is 0 Å². The highest BCUT2D eigenvalue weighted by Gasteiger charge is 2.12. The molecular formula is C19H23N5O. The molecule has 0 bridgehead atoms. The Balaban J connectivity index is 1.81. The van der Waals surface area contributed by atoms with E-state index in [0.717, 1.165) is 35.7 Å². The van der Waals surface area contributed by atoms with Crippen LogP contribution in [0.25, 0.3) is 22.6 Å². The van der Waals surface area contributed by atoms with E-state index in [1.165, 1.54) is 0 Å². The Morgan fingerprint density at radius 2 is 1.88 bits per heavy atom. The number of likely N-dealkylation sites (N-methyl/N-ethyl adjacent to an activating group) is 1. The van der Waals surface area contributed by atoms with Crippen molar-refractivity contribution in [1.29, 1.82) is 0 Å². The molecule has 0 atom stereocenters. The van der Waals surface area contributed by atoms with E-state index in [4.69, 9.17) is 0 Å². The number of aryl methyl sites for hydroxylation is 1. The molecule has 0 radical (unpaired) electrons. The van der Waals surface area contributed by atoms with Crippen LogP contribution >= 0.6 is 0 Å². The summed E-state index contributed by atoms with van der Waals surface area (Å²) in [5.74, 6) is 0.999. The Hall–Kier alpha value is -2.89. The SMILES string of the molecule is CCN(CC)C(=O)Cn1ccc(-c2cccc(-c3nccn3C)c2)n1. The lowest BCUT2D eigenvalue weighted by atomic mass is 10.1. The number of rotatable bonds is 6. The molecule has 25 heavy (non-hydrogen) atoms. The van der Waals surface area contributed by atoms with Crippen molar-refractivity contribution in [2.75, 3.05) is 13.1 Å². The van der Waals surface area contributed by atoms with Gasteiger partial charge in [-0.1, -0.05) is 18.2 Å².